The van der Waals surface area contributed by atoms with Gasteiger partial charge >= 0.3 is 0 Å². The summed E-state index contributed by atoms with van der Waals surface area (Å²) in [5.74, 6) is 0.0524. The molecule has 4 heteroatoms. The summed E-state index contributed by atoms with van der Waals surface area (Å²) in [5.41, 5.74) is 1.46. The molecule has 0 fully saturated rings. The third-order valence-corrected chi connectivity index (χ3v) is 2.60. The molecule has 1 heterocycles. The molecule has 0 saturated carbocycles. The van der Waals surface area contributed by atoms with Crippen molar-refractivity contribution in [2.24, 2.45) is 0 Å². The van der Waals surface area contributed by atoms with Crippen LogP contribution in [0.4, 0.5) is 5.69 Å². The van der Waals surface area contributed by atoms with E-state index in [1.165, 1.54) is 0 Å². The fraction of sp³-hybridized carbons (Fsp3) is 0.462. The van der Waals surface area contributed by atoms with Crippen LogP contribution in [0.2, 0.25) is 0 Å². The summed E-state index contributed by atoms with van der Waals surface area (Å²) < 4.78 is 0. The van der Waals surface area contributed by atoms with Crippen molar-refractivity contribution in [3.05, 3.63) is 24.0 Å². The van der Waals surface area contributed by atoms with Crippen LogP contribution in [0.25, 0.3) is 0 Å². The van der Waals surface area contributed by atoms with Crippen molar-refractivity contribution in [1.82, 2.24) is 4.98 Å². The lowest BCUT2D eigenvalue weighted by atomic mass is 10.2. The molecule has 1 aromatic heterocycles. The molecule has 0 spiro atoms. The van der Waals surface area contributed by atoms with Crippen molar-refractivity contribution in [2.45, 2.75) is 26.7 Å². The van der Waals surface area contributed by atoms with Gasteiger partial charge in [-0.05, 0) is 19.1 Å². The lowest BCUT2D eigenvalue weighted by molar-refractivity contribution is 0.0983. The molecule has 0 aliphatic carbocycles. The van der Waals surface area contributed by atoms with Crippen molar-refractivity contribution < 1.29 is 4.79 Å². The smallest absolute Gasteiger partial charge is 0.180 e. The molecule has 0 aliphatic heterocycles. The third kappa shape index (κ3) is 3.56. The quantitative estimate of drug-likeness (QED) is 0.705. The van der Waals surface area contributed by atoms with Gasteiger partial charge in [0.1, 0.15) is 5.69 Å². The summed E-state index contributed by atoms with van der Waals surface area (Å²) in [4.78, 5) is 17.6. The monoisotopic (exact) mass is 231 g/mol. The van der Waals surface area contributed by atoms with E-state index < -0.39 is 0 Å². The maximum atomic E-state index is 11.4. The van der Waals surface area contributed by atoms with E-state index >= 15 is 0 Å². The largest absolute Gasteiger partial charge is 0.370 e. The highest BCUT2D eigenvalue weighted by Gasteiger charge is 2.07. The van der Waals surface area contributed by atoms with Crippen LogP contribution >= 0.6 is 0 Å². The Hall–Kier alpha value is -1.89. The second kappa shape index (κ2) is 6.64. The van der Waals surface area contributed by atoms with Crippen LogP contribution in [0.3, 0.4) is 0 Å². The number of ketones is 1. The first kappa shape index (κ1) is 13.2. The van der Waals surface area contributed by atoms with Crippen molar-refractivity contribution in [3.63, 3.8) is 0 Å². The van der Waals surface area contributed by atoms with Crippen LogP contribution < -0.4 is 4.90 Å². The zero-order chi connectivity index (χ0) is 12.7. The number of hydrogen-bond acceptors (Lipinski definition) is 4. The fourth-order valence-electron chi connectivity index (χ4n) is 1.57. The molecule has 17 heavy (non-hydrogen) atoms. The Morgan fingerprint density at radius 3 is 2.71 bits per heavy atom. The first-order chi connectivity index (χ1) is 8.22. The van der Waals surface area contributed by atoms with Crippen molar-refractivity contribution >= 4 is 11.5 Å². The Morgan fingerprint density at radius 1 is 1.47 bits per heavy atom. The van der Waals surface area contributed by atoms with E-state index in [0.717, 1.165) is 12.2 Å². The average molecular weight is 231 g/mol. The highest BCUT2D eigenvalue weighted by atomic mass is 16.1. The molecule has 0 aliphatic rings. The fourth-order valence-corrected chi connectivity index (χ4v) is 1.57. The van der Waals surface area contributed by atoms with Crippen LogP contribution in [-0.4, -0.2) is 23.9 Å². The number of rotatable bonds is 6. The molecule has 0 radical (unpaired) electrons. The maximum Gasteiger partial charge on any atom is 0.180 e. The number of hydrogen-bond donors (Lipinski definition) is 0. The number of nitrogens with zero attached hydrogens (tertiary/aromatic N) is 3. The van der Waals surface area contributed by atoms with Gasteiger partial charge < -0.3 is 4.90 Å². The molecule has 0 N–H and O–H groups in total. The van der Waals surface area contributed by atoms with Gasteiger partial charge in [0.05, 0.1) is 24.4 Å². The topological polar surface area (TPSA) is 57.0 Å². The van der Waals surface area contributed by atoms with Gasteiger partial charge in [-0.15, -0.1) is 0 Å². The number of Topliss-reactive ketones (excluding diaryl/α,β-unsaturated/α-hetero) is 1. The second-order valence-corrected chi connectivity index (χ2v) is 3.67. The van der Waals surface area contributed by atoms with Crippen LogP contribution in [0.15, 0.2) is 18.3 Å². The SMILES string of the molecule is CCC(=O)c1ccc(N(CC)CCC#N)cn1. The standard InChI is InChI=1S/C13H17N3O/c1-3-13(17)12-7-6-11(10-15-12)16(4-2)9-5-8-14/h6-7,10H,3-5,9H2,1-2H3. The zero-order valence-corrected chi connectivity index (χ0v) is 10.3. The van der Waals surface area contributed by atoms with E-state index in [1.54, 1.807) is 12.3 Å². The van der Waals surface area contributed by atoms with Gasteiger partial charge in [0.25, 0.3) is 0 Å². The predicted octanol–water partition coefficient (Wildman–Crippen LogP) is 2.41. The summed E-state index contributed by atoms with van der Waals surface area (Å²) in [5, 5.41) is 8.57. The van der Waals surface area contributed by atoms with Gasteiger partial charge in [0.15, 0.2) is 5.78 Å². The maximum absolute atomic E-state index is 11.4. The van der Waals surface area contributed by atoms with E-state index in [0.29, 0.717) is 25.1 Å². The molecular formula is C13H17N3O. The molecular weight excluding hydrogens is 214 g/mol. The van der Waals surface area contributed by atoms with E-state index in [9.17, 15) is 4.79 Å². The van der Waals surface area contributed by atoms with E-state index in [-0.39, 0.29) is 5.78 Å². The summed E-state index contributed by atoms with van der Waals surface area (Å²) >= 11 is 0. The molecule has 0 aromatic carbocycles. The van der Waals surface area contributed by atoms with Gasteiger partial charge in [-0.2, -0.15) is 5.26 Å². The first-order valence-corrected chi connectivity index (χ1v) is 5.84. The number of carbonyl (C=O) groups excluding carboxylic acids is 1. The van der Waals surface area contributed by atoms with Crippen molar-refractivity contribution in [3.8, 4) is 6.07 Å². The van der Waals surface area contributed by atoms with Gasteiger partial charge in [-0.25, -0.2) is 0 Å². The summed E-state index contributed by atoms with van der Waals surface area (Å²) in [6, 6.07) is 5.76. The van der Waals surface area contributed by atoms with Crippen LogP contribution in [0.5, 0.6) is 0 Å². The first-order valence-electron chi connectivity index (χ1n) is 5.84. The Bertz CT molecular complexity index is 406. The van der Waals surface area contributed by atoms with Gasteiger partial charge in [0.2, 0.25) is 0 Å². The molecule has 4 nitrogen and oxygen atoms in total. The molecule has 0 saturated heterocycles. The normalized spacial score (nSPS) is 9.71. The number of pyridine rings is 1. The number of aromatic nitrogens is 1. The zero-order valence-electron chi connectivity index (χ0n) is 10.3. The lowest BCUT2D eigenvalue weighted by Gasteiger charge is -2.21. The number of anilines is 1. The van der Waals surface area contributed by atoms with Gasteiger partial charge in [-0.1, -0.05) is 6.92 Å². The predicted molar refractivity (Wildman–Crippen MR) is 67.0 cm³/mol. The molecule has 0 amide bonds. The minimum Gasteiger partial charge on any atom is -0.370 e. The summed E-state index contributed by atoms with van der Waals surface area (Å²) in [6.07, 6.45) is 2.66. The molecule has 1 rings (SSSR count). The molecule has 0 unspecified atom stereocenters. The van der Waals surface area contributed by atoms with E-state index in [4.69, 9.17) is 5.26 Å². The van der Waals surface area contributed by atoms with Gasteiger partial charge in [0, 0.05) is 19.5 Å². The van der Waals surface area contributed by atoms with Gasteiger partial charge in [-0.3, -0.25) is 9.78 Å². The van der Waals surface area contributed by atoms with Crippen molar-refractivity contribution in [1.29, 1.82) is 5.26 Å². The summed E-state index contributed by atoms with van der Waals surface area (Å²) in [6.45, 7) is 5.37. The third-order valence-electron chi connectivity index (χ3n) is 2.60. The minimum atomic E-state index is 0.0524. The van der Waals surface area contributed by atoms with Crippen LogP contribution in [0.1, 0.15) is 37.2 Å². The minimum absolute atomic E-state index is 0.0524. The highest BCUT2D eigenvalue weighted by molar-refractivity contribution is 5.94. The highest BCUT2D eigenvalue weighted by Crippen LogP contribution is 2.13. The number of nitriles is 1. The van der Waals surface area contributed by atoms with Crippen molar-refractivity contribution in [2.75, 3.05) is 18.0 Å². The molecule has 90 valence electrons. The average Bonchev–Trinajstić information content (AvgIpc) is 2.39. The number of carbonyl (C=O) groups is 1. The molecule has 1 aromatic rings. The van der Waals surface area contributed by atoms with Crippen LogP contribution in [-0.2, 0) is 0 Å². The lowest BCUT2D eigenvalue weighted by Crippen LogP contribution is -2.23. The van der Waals surface area contributed by atoms with E-state index in [2.05, 4.69) is 16.0 Å². The second-order valence-electron chi connectivity index (χ2n) is 3.67. The summed E-state index contributed by atoms with van der Waals surface area (Å²) in [7, 11) is 0. The Morgan fingerprint density at radius 2 is 2.24 bits per heavy atom. The Kier molecular flexibility index (Phi) is 5.15. The van der Waals surface area contributed by atoms with Crippen LogP contribution in [0, 0.1) is 11.3 Å². The van der Waals surface area contributed by atoms with E-state index in [1.807, 2.05) is 19.9 Å². The molecule has 0 bridgehead atoms. The molecule has 0 atom stereocenters. The Labute approximate surface area is 102 Å². The Balaban J connectivity index is 2.78.